The molecule has 1 saturated heterocycles. The minimum Gasteiger partial charge on any atom is -0.357 e. The molecule has 0 aromatic carbocycles. The van der Waals surface area contributed by atoms with Gasteiger partial charge in [-0.25, -0.2) is 0 Å². The van der Waals surface area contributed by atoms with E-state index in [4.69, 9.17) is 0 Å². The molecule has 1 fully saturated rings. The number of fused-ring (bicyclic) bond motifs is 2. The van der Waals surface area contributed by atoms with Gasteiger partial charge in [0.2, 0.25) is 5.91 Å². The van der Waals surface area contributed by atoms with Crippen LogP contribution >= 0.6 is 22.6 Å². The lowest BCUT2D eigenvalue weighted by atomic mass is 9.58. The monoisotopic (exact) mass is 342 g/mol. The standard InChI is InChI=1S/C11H11IN4O/c1-9(2)10(3)15-7(12)6(4-13)11(9,5-14)8(17)16-10/h15H,1-3H3,(H,16,17). The number of nitrogens with one attached hydrogen (secondary N) is 2. The maximum Gasteiger partial charge on any atom is 0.248 e. The Kier molecular flexibility index (Phi) is 2.25. The molecule has 2 bridgehead atoms. The molecule has 88 valence electrons. The fourth-order valence-corrected chi connectivity index (χ4v) is 3.64. The largest absolute Gasteiger partial charge is 0.357 e. The van der Waals surface area contributed by atoms with E-state index in [2.05, 4.69) is 16.7 Å². The van der Waals surface area contributed by atoms with Crippen LogP contribution in [0.1, 0.15) is 20.8 Å². The van der Waals surface area contributed by atoms with Gasteiger partial charge in [0.15, 0.2) is 5.41 Å². The summed E-state index contributed by atoms with van der Waals surface area (Å²) in [6.45, 7) is 5.47. The van der Waals surface area contributed by atoms with Crippen LogP contribution in [0.3, 0.4) is 0 Å². The van der Waals surface area contributed by atoms with E-state index >= 15 is 0 Å². The third-order valence-electron chi connectivity index (χ3n) is 4.13. The van der Waals surface area contributed by atoms with E-state index in [9.17, 15) is 15.3 Å². The van der Waals surface area contributed by atoms with E-state index in [1.165, 1.54) is 0 Å². The number of halogens is 1. The Morgan fingerprint density at radius 2 is 1.82 bits per heavy atom. The van der Waals surface area contributed by atoms with E-state index in [-0.39, 0.29) is 5.57 Å². The van der Waals surface area contributed by atoms with Crippen molar-refractivity contribution in [1.82, 2.24) is 10.6 Å². The predicted molar refractivity (Wildman–Crippen MR) is 68.2 cm³/mol. The van der Waals surface area contributed by atoms with Crippen molar-refractivity contribution in [3.8, 4) is 12.1 Å². The molecule has 5 nitrogen and oxygen atoms in total. The highest BCUT2D eigenvalue weighted by Gasteiger charge is 2.71. The summed E-state index contributed by atoms with van der Waals surface area (Å²) in [7, 11) is 0. The Morgan fingerprint density at radius 1 is 1.24 bits per heavy atom. The summed E-state index contributed by atoms with van der Waals surface area (Å²) in [6.07, 6.45) is 0. The molecule has 2 aliphatic rings. The van der Waals surface area contributed by atoms with E-state index in [1.807, 2.05) is 49.4 Å². The van der Waals surface area contributed by atoms with Gasteiger partial charge in [-0.1, -0.05) is 13.8 Å². The first-order chi connectivity index (χ1) is 7.77. The summed E-state index contributed by atoms with van der Waals surface area (Å²) in [5, 5.41) is 24.6. The van der Waals surface area contributed by atoms with E-state index in [0.717, 1.165) is 0 Å². The number of rotatable bonds is 0. The molecule has 2 unspecified atom stereocenters. The Hall–Kier alpha value is -1.28. The fourth-order valence-electron chi connectivity index (χ4n) is 2.58. The lowest BCUT2D eigenvalue weighted by molar-refractivity contribution is -0.125. The molecule has 17 heavy (non-hydrogen) atoms. The number of carbonyl (C=O) groups excluding carboxylic acids is 1. The average Bonchev–Trinajstić information content (AvgIpc) is 2.31. The second-order valence-corrected chi connectivity index (χ2v) is 6.07. The topological polar surface area (TPSA) is 88.7 Å². The molecule has 2 aliphatic heterocycles. The molecule has 0 aromatic heterocycles. The van der Waals surface area contributed by atoms with Crippen molar-refractivity contribution in [2.75, 3.05) is 0 Å². The maximum absolute atomic E-state index is 12.2. The van der Waals surface area contributed by atoms with Crippen molar-refractivity contribution in [3.05, 3.63) is 9.28 Å². The van der Waals surface area contributed by atoms with Gasteiger partial charge in [-0.05, 0) is 29.5 Å². The molecule has 2 heterocycles. The number of amides is 1. The second-order valence-electron chi connectivity index (χ2n) is 4.99. The summed E-state index contributed by atoms with van der Waals surface area (Å²) < 4.78 is 0.562. The zero-order valence-corrected chi connectivity index (χ0v) is 11.8. The maximum atomic E-state index is 12.2. The van der Waals surface area contributed by atoms with E-state index in [1.54, 1.807) is 0 Å². The molecule has 0 saturated carbocycles. The fraction of sp³-hybridized carbons (Fsp3) is 0.545. The Balaban J connectivity index is 2.87. The summed E-state index contributed by atoms with van der Waals surface area (Å²) in [5.74, 6) is -0.400. The molecule has 0 radical (unpaired) electrons. The van der Waals surface area contributed by atoms with Gasteiger partial charge in [0, 0.05) is 5.41 Å². The molecule has 2 rings (SSSR count). The molecule has 1 amide bonds. The van der Waals surface area contributed by atoms with Crippen LogP contribution in [0.5, 0.6) is 0 Å². The first kappa shape index (κ1) is 12.2. The number of hydrogen-bond donors (Lipinski definition) is 2. The SMILES string of the molecule is CC12NC(=O)C(C#N)(C(C#N)=C(I)N1)C2(C)C. The van der Waals surface area contributed by atoms with Gasteiger partial charge < -0.3 is 10.6 Å². The molecule has 0 spiro atoms. The highest BCUT2D eigenvalue weighted by Crippen LogP contribution is 2.58. The molecular formula is C11H11IN4O. The van der Waals surface area contributed by atoms with Gasteiger partial charge in [-0.2, -0.15) is 10.5 Å². The van der Waals surface area contributed by atoms with Crippen LogP contribution in [-0.2, 0) is 4.79 Å². The lowest BCUT2D eigenvalue weighted by Gasteiger charge is -2.47. The molecular weight excluding hydrogens is 331 g/mol. The summed E-state index contributed by atoms with van der Waals surface area (Å²) in [5.41, 5.74) is -2.61. The molecule has 6 heteroatoms. The molecule has 2 N–H and O–H groups in total. The van der Waals surface area contributed by atoms with Crippen molar-refractivity contribution >= 4 is 28.5 Å². The van der Waals surface area contributed by atoms with Gasteiger partial charge in [0.25, 0.3) is 0 Å². The first-order valence-corrected chi connectivity index (χ1v) is 6.17. The van der Waals surface area contributed by atoms with Crippen LogP contribution in [0.4, 0.5) is 0 Å². The third kappa shape index (κ3) is 1.05. The van der Waals surface area contributed by atoms with Crippen LogP contribution in [0.2, 0.25) is 0 Å². The third-order valence-corrected chi connectivity index (χ3v) is 4.93. The van der Waals surface area contributed by atoms with Crippen LogP contribution in [0.15, 0.2) is 9.28 Å². The highest BCUT2D eigenvalue weighted by molar-refractivity contribution is 14.1. The van der Waals surface area contributed by atoms with Gasteiger partial charge in [-0.15, -0.1) is 0 Å². The number of carbonyl (C=O) groups is 1. The lowest BCUT2D eigenvalue weighted by Crippen LogP contribution is -2.62. The number of nitriles is 2. The number of nitrogens with zero attached hydrogens (tertiary/aromatic N) is 2. The zero-order chi connectivity index (χ0) is 13.1. The number of hydrogen-bond acceptors (Lipinski definition) is 4. The van der Waals surface area contributed by atoms with E-state index < -0.39 is 22.4 Å². The van der Waals surface area contributed by atoms with Crippen LogP contribution in [-0.4, -0.2) is 11.6 Å². The minimum atomic E-state index is -1.40. The van der Waals surface area contributed by atoms with Gasteiger partial charge in [-0.3, -0.25) is 4.79 Å². The predicted octanol–water partition coefficient (Wildman–Crippen LogP) is 1.14. The Labute approximate surface area is 113 Å². The van der Waals surface area contributed by atoms with E-state index in [0.29, 0.717) is 3.70 Å². The van der Waals surface area contributed by atoms with Gasteiger partial charge >= 0.3 is 0 Å². The summed E-state index contributed by atoms with van der Waals surface area (Å²) in [4.78, 5) is 12.2. The summed E-state index contributed by atoms with van der Waals surface area (Å²) in [6, 6.07) is 4.07. The van der Waals surface area contributed by atoms with Crippen molar-refractivity contribution < 1.29 is 4.79 Å². The normalized spacial score (nSPS) is 37.9. The van der Waals surface area contributed by atoms with Crippen LogP contribution in [0.25, 0.3) is 0 Å². The molecule has 2 atom stereocenters. The smallest absolute Gasteiger partial charge is 0.248 e. The van der Waals surface area contributed by atoms with Crippen molar-refractivity contribution in [2.45, 2.75) is 26.4 Å². The molecule has 0 aliphatic carbocycles. The van der Waals surface area contributed by atoms with Crippen molar-refractivity contribution in [2.24, 2.45) is 10.8 Å². The molecule has 0 aromatic rings. The minimum absolute atomic E-state index is 0.207. The van der Waals surface area contributed by atoms with Crippen molar-refractivity contribution in [1.29, 1.82) is 10.5 Å². The summed E-state index contributed by atoms with van der Waals surface area (Å²) >= 11 is 1.96. The van der Waals surface area contributed by atoms with Gasteiger partial charge in [0.05, 0.1) is 21.4 Å². The Bertz CT molecular complexity index is 539. The first-order valence-electron chi connectivity index (χ1n) is 5.09. The highest BCUT2D eigenvalue weighted by atomic mass is 127. The van der Waals surface area contributed by atoms with Crippen LogP contribution in [0, 0.1) is 33.5 Å². The quantitative estimate of drug-likeness (QED) is 0.510. The zero-order valence-electron chi connectivity index (χ0n) is 9.68. The van der Waals surface area contributed by atoms with Crippen molar-refractivity contribution in [3.63, 3.8) is 0 Å². The average molecular weight is 342 g/mol. The second kappa shape index (κ2) is 3.14. The van der Waals surface area contributed by atoms with Crippen LogP contribution < -0.4 is 10.6 Å². The van der Waals surface area contributed by atoms with Gasteiger partial charge in [0.1, 0.15) is 5.66 Å². The Morgan fingerprint density at radius 3 is 2.29 bits per heavy atom.